The SMILES string of the molecule is CN(C)c1ccc(NC(=O)c2ccc(C(F)(F)F)cc2)cc1C(=O)NCc1cccnc1. The van der Waals surface area contributed by atoms with Crippen molar-refractivity contribution in [2.24, 2.45) is 0 Å². The van der Waals surface area contributed by atoms with E-state index in [4.69, 9.17) is 0 Å². The molecular formula is C23H21F3N4O2. The van der Waals surface area contributed by atoms with Crippen LogP contribution < -0.4 is 15.5 Å². The highest BCUT2D eigenvalue weighted by Gasteiger charge is 2.30. The number of rotatable bonds is 6. The Morgan fingerprint density at radius 2 is 1.72 bits per heavy atom. The Kier molecular flexibility index (Phi) is 6.77. The second kappa shape index (κ2) is 9.51. The minimum Gasteiger partial charge on any atom is -0.377 e. The van der Waals surface area contributed by atoms with Gasteiger partial charge in [-0.1, -0.05) is 6.07 Å². The van der Waals surface area contributed by atoms with E-state index in [-0.39, 0.29) is 18.0 Å². The molecule has 0 radical (unpaired) electrons. The Morgan fingerprint density at radius 3 is 2.31 bits per heavy atom. The van der Waals surface area contributed by atoms with Gasteiger partial charge in [0, 0.05) is 50.0 Å². The minimum absolute atomic E-state index is 0.0669. The molecule has 2 aromatic carbocycles. The molecule has 0 saturated heterocycles. The zero-order chi connectivity index (χ0) is 23.3. The summed E-state index contributed by atoms with van der Waals surface area (Å²) in [6.45, 7) is 0.279. The minimum atomic E-state index is -4.48. The number of hydrogen-bond acceptors (Lipinski definition) is 4. The van der Waals surface area contributed by atoms with Gasteiger partial charge in [-0.2, -0.15) is 13.2 Å². The molecule has 0 bridgehead atoms. The zero-order valence-electron chi connectivity index (χ0n) is 17.4. The average Bonchev–Trinajstić information content (AvgIpc) is 2.77. The molecule has 0 aliphatic carbocycles. The number of carbonyl (C=O) groups excluding carboxylic acids is 2. The van der Waals surface area contributed by atoms with Gasteiger partial charge in [0.05, 0.1) is 11.1 Å². The van der Waals surface area contributed by atoms with E-state index in [0.29, 0.717) is 16.9 Å². The first kappa shape index (κ1) is 22.8. The number of pyridine rings is 1. The summed E-state index contributed by atoms with van der Waals surface area (Å²) in [5.41, 5.74) is 1.38. The smallest absolute Gasteiger partial charge is 0.377 e. The summed E-state index contributed by atoms with van der Waals surface area (Å²) < 4.78 is 38.1. The van der Waals surface area contributed by atoms with Gasteiger partial charge in [-0.3, -0.25) is 14.6 Å². The quantitative estimate of drug-likeness (QED) is 0.595. The van der Waals surface area contributed by atoms with E-state index in [2.05, 4.69) is 15.6 Å². The van der Waals surface area contributed by atoms with Crippen LogP contribution in [-0.4, -0.2) is 30.9 Å². The zero-order valence-corrected chi connectivity index (χ0v) is 17.4. The standard InChI is InChI=1S/C23H21F3N4O2/c1-30(2)20-10-9-18(12-19(20)22(32)28-14-15-4-3-11-27-13-15)29-21(31)16-5-7-17(8-6-16)23(24,25)26/h3-13H,14H2,1-2H3,(H,28,32)(H,29,31). The monoisotopic (exact) mass is 442 g/mol. The van der Waals surface area contributed by atoms with Crippen molar-refractivity contribution in [3.8, 4) is 0 Å². The molecule has 2 N–H and O–H groups in total. The van der Waals surface area contributed by atoms with Crippen LogP contribution in [0.2, 0.25) is 0 Å². The number of anilines is 2. The first-order chi connectivity index (χ1) is 15.1. The van der Waals surface area contributed by atoms with E-state index in [1.54, 1.807) is 49.6 Å². The molecule has 0 saturated carbocycles. The normalized spacial score (nSPS) is 11.0. The van der Waals surface area contributed by atoms with Crippen LogP contribution in [0.25, 0.3) is 0 Å². The predicted molar refractivity (Wildman–Crippen MR) is 116 cm³/mol. The van der Waals surface area contributed by atoms with Crippen LogP contribution in [0.3, 0.4) is 0 Å². The van der Waals surface area contributed by atoms with Gasteiger partial charge in [0.1, 0.15) is 0 Å². The molecule has 0 fully saturated rings. The van der Waals surface area contributed by atoms with Gasteiger partial charge in [-0.05, 0) is 54.1 Å². The third kappa shape index (κ3) is 5.63. The lowest BCUT2D eigenvalue weighted by molar-refractivity contribution is -0.137. The molecule has 166 valence electrons. The fourth-order valence-corrected chi connectivity index (χ4v) is 2.98. The fourth-order valence-electron chi connectivity index (χ4n) is 2.98. The van der Waals surface area contributed by atoms with E-state index < -0.39 is 17.6 Å². The molecule has 0 aliphatic rings. The maximum atomic E-state index is 12.8. The maximum Gasteiger partial charge on any atom is 0.416 e. The Labute approximate surface area is 183 Å². The number of nitrogens with one attached hydrogen (secondary N) is 2. The van der Waals surface area contributed by atoms with Gasteiger partial charge in [-0.25, -0.2) is 0 Å². The number of aromatic nitrogens is 1. The Morgan fingerprint density at radius 1 is 1.00 bits per heavy atom. The van der Waals surface area contributed by atoms with Gasteiger partial charge in [-0.15, -0.1) is 0 Å². The molecule has 0 atom stereocenters. The topological polar surface area (TPSA) is 74.3 Å². The van der Waals surface area contributed by atoms with Gasteiger partial charge < -0.3 is 15.5 Å². The van der Waals surface area contributed by atoms with Crippen molar-refractivity contribution in [3.05, 3.63) is 89.2 Å². The molecule has 0 spiro atoms. The van der Waals surface area contributed by atoms with Crippen LogP contribution >= 0.6 is 0 Å². The predicted octanol–water partition coefficient (Wildman–Crippen LogP) is 4.35. The highest BCUT2D eigenvalue weighted by Crippen LogP contribution is 2.29. The van der Waals surface area contributed by atoms with Crippen LogP contribution in [0.4, 0.5) is 24.5 Å². The third-order valence-electron chi connectivity index (χ3n) is 4.63. The van der Waals surface area contributed by atoms with E-state index in [1.807, 2.05) is 6.07 Å². The molecule has 9 heteroatoms. The first-order valence-corrected chi connectivity index (χ1v) is 9.62. The largest absolute Gasteiger partial charge is 0.416 e. The number of amides is 2. The van der Waals surface area contributed by atoms with Crippen molar-refractivity contribution in [1.82, 2.24) is 10.3 Å². The molecule has 1 heterocycles. The van der Waals surface area contributed by atoms with Crippen LogP contribution in [-0.2, 0) is 12.7 Å². The number of nitrogens with zero attached hydrogens (tertiary/aromatic N) is 2. The summed E-state index contributed by atoms with van der Waals surface area (Å²) in [4.78, 5) is 31.1. The summed E-state index contributed by atoms with van der Waals surface area (Å²) in [5, 5.41) is 5.44. The Bertz CT molecular complexity index is 1100. The molecule has 3 rings (SSSR count). The second-order valence-electron chi connectivity index (χ2n) is 7.20. The van der Waals surface area contributed by atoms with E-state index in [0.717, 1.165) is 29.8 Å². The van der Waals surface area contributed by atoms with Gasteiger partial charge in [0.25, 0.3) is 11.8 Å². The Balaban J connectivity index is 1.77. The number of halogens is 3. The van der Waals surface area contributed by atoms with Gasteiger partial charge in [0.2, 0.25) is 0 Å². The summed E-state index contributed by atoms with van der Waals surface area (Å²) in [6, 6.07) is 12.3. The lowest BCUT2D eigenvalue weighted by atomic mass is 10.1. The van der Waals surface area contributed by atoms with Crippen molar-refractivity contribution in [2.45, 2.75) is 12.7 Å². The summed E-state index contributed by atoms with van der Waals surface area (Å²) in [7, 11) is 3.57. The summed E-state index contributed by atoms with van der Waals surface area (Å²) >= 11 is 0. The van der Waals surface area contributed by atoms with Crippen LogP contribution in [0.5, 0.6) is 0 Å². The first-order valence-electron chi connectivity index (χ1n) is 9.62. The number of alkyl halides is 3. The van der Waals surface area contributed by atoms with Crippen molar-refractivity contribution in [3.63, 3.8) is 0 Å². The lowest BCUT2D eigenvalue weighted by Gasteiger charge is -2.18. The molecule has 1 aromatic heterocycles. The van der Waals surface area contributed by atoms with E-state index in [9.17, 15) is 22.8 Å². The fraction of sp³-hybridized carbons (Fsp3) is 0.174. The second-order valence-corrected chi connectivity index (χ2v) is 7.20. The van der Waals surface area contributed by atoms with Crippen LogP contribution in [0, 0.1) is 0 Å². The highest BCUT2D eigenvalue weighted by molar-refractivity contribution is 6.06. The maximum absolute atomic E-state index is 12.8. The van der Waals surface area contributed by atoms with Crippen LogP contribution in [0.1, 0.15) is 31.8 Å². The van der Waals surface area contributed by atoms with E-state index in [1.165, 1.54) is 6.07 Å². The average molecular weight is 442 g/mol. The van der Waals surface area contributed by atoms with Crippen LogP contribution in [0.15, 0.2) is 67.0 Å². The van der Waals surface area contributed by atoms with Crippen molar-refractivity contribution in [2.75, 3.05) is 24.3 Å². The summed E-state index contributed by atoms with van der Waals surface area (Å²) in [6.07, 6.45) is -1.19. The lowest BCUT2D eigenvalue weighted by Crippen LogP contribution is -2.25. The van der Waals surface area contributed by atoms with Crippen molar-refractivity contribution < 1.29 is 22.8 Å². The van der Waals surface area contributed by atoms with Crippen molar-refractivity contribution >= 4 is 23.2 Å². The highest BCUT2D eigenvalue weighted by atomic mass is 19.4. The number of benzene rings is 2. The third-order valence-corrected chi connectivity index (χ3v) is 4.63. The van der Waals surface area contributed by atoms with Gasteiger partial charge >= 0.3 is 6.18 Å². The molecule has 2 amide bonds. The van der Waals surface area contributed by atoms with Crippen molar-refractivity contribution in [1.29, 1.82) is 0 Å². The molecule has 32 heavy (non-hydrogen) atoms. The molecule has 0 aliphatic heterocycles. The van der Waals surface area contributed by atoms with Gasteiger partial charge in [0.15, 0.2) is 0 Å². The van der Waals surface area contributed by atoms with E-state index >= 15 is 0 Å². The molecule has 0 unspecified atom stereocenters. The number of hydrogen-bond donors (Lipinski definition) is 2. The Hall–Kier alpha value is -3.88. The molecular weight excluding hydrogens is 421 g/mol. The molecule has 6 nitrogen and oxygen atoms in total. The number of carbonyl (C=O) groups is 2. The molecule has 3 aromatic rings. The summed E-state index contributed by atoms with van der Waals surface area (Å²) in [5.74, 6) is -0.929.